The van der Waals surface area contributed by atoms with Gasteiger partial charge in [0.05, 0.1) is 11.4 Å². The van der Waals surface area contributed by atoms with E-state index in [1.54, 1.807) is 0 Å². The zero-order chi connectivity index (χ0) is 13.6. The molecule has 0 fully saturated rings. The van der Waals surface area contributed by atoms with Gasteiger partial charge in [0.15, 0.2) is 5.82 Å². The summed E-state index contributed by atoms with van der Waals surface area (Å²) in [6.07, 6.45) is 3.32. The molecule has 102 valence electrons. The van der Waals surface area contributed by atoms with Crippen molar-refractivity contribution in [2.75, 3.05) is 0 Å². The van der Waals surface area contributed by atoms with E-state index in [0.717, 1.165) is 36.0 Å². The predicted octanol–water partition coefficient (Wildman–Crippen LogP) is 3.06. The number of imidazole rings is 1. The van der Waals surface area contributed by atoms with Crippen LogP contribution < -0.4 is 0 Å². The van der Waals surface area contributed by atoms with Gasteiger partial charge in [0.25, 0.3) is 0 Å². The maximum Gasteiger partial charge on any atom is 0.156 e. The molecule has 0 aliphatic heterocycles. The van der Waals surface area contributed by atoms with Gasteiger partial charge in [-0.3, -0.25) is 4.68 Å². The summed E-state index contributed by atoms with van der Waals surface area (Å²) >= 11 is 0. The average molecular weight is 258 g/mol. The van der Waals surface area contributed by atoms with Crippen LogP contribution in [0, 0.1) is 5.92 Å². The molecule has 1 aliphatic carbocycles. The molecule has 2 aromatic heterocycles. The maximum absolute atomic E-state index is 4.83. The van der Waals surface area contributed by atoms with Gasteiger partial charge >= 0.3 is 0 Å². The first kappa shape index (κ1) is 12.5. The van der Waals surface area contributed by atoms with E-state index in [4.69, 9.17) is 4.98 Å². The van der Waals surface area contributed by atoms with Crippen molar-refractivity contribution in [3.63, 3.8) is 0 Å². The Bertz CT molecular complexity index is 593. The molecule has 0 saturated heterocycles. The Morgan fingerprint density at radius 2 is 2.21 bits per heavy atom. The molecule has 0 bridgehead atoms. The Kier molecular flexibility index (Phi) is 2.96. The molecule has 2 atom stereocenters. The maximum atomic E-state index is 4.83. The van der Waals surface area contributed by atoms with Gasteiger partial charge in [0, 0.05) is 18.7 Å². The Labute approximate surface area is 114 Å². The van der Waals surface area contributed by atoms with E-state index in [-0.39, 0.29) is 0 Å². The zero-order valence-corrected chi connectivity index (χ0v) is 12.2. The smallest absolute Gasteiger partial charge is 0.156 e. The molecule has 2 aromatic rings. The van der Waals surface area contributed by atoms with Crippen LogP contribution in [0.25, 0.3) is 11.5 Å². The molecule has 4 nitrogen and oxygen atoms in total. The lowest BCUT2D eigenvalue weighted by atomic mass is 9.84. The molecule has 0 spiro atoms. The van der Waals surface area contributed by atoms with Crippen LogP contribution >= 0.6 is 0 Å². The topological polar surface area (TPSA) is 46.5 Å². The summed E-state index contributed by atoms with van der Waals surface area (Å²) in [5, 5.41) is 4.50. The van der Waals surface area contributed by atoms with Gasteiger partial charge in [-0.15, -0.1) is 0 Å². The van der Waals surface area contributed by atoms with Gasteiger partial charge in [-0.2, -0.15) is 5.10 Å². The van der Waals surface area contributed by atoms with Gasteiger partial charge in [-0.25, -0.2) is 4.98 Å². The minimum atomic E-state index is 0.558. The molecule has 4 heteroatoms. The number of hydrogen-bond acceptors (Lipinski definition) is 2. The first-order valence-electron chi connectivity index (χ1n) is 7.20. The van der Waals surface area contributed by atoms with Crippen molar-refractivity contribution >= 4 is 0 Å². The van der Waals surface area contributed by atoms with E-state index >= 15 is 0 Å². The van der Waals surface area contributed by atoms with Crippen LogP contribution in [-0.2, 0) is 19.9 Å². The van der Waals surface area contributed by atoms with E-state index in [1.807, 2.05) is 11.7 Å². The number of aromatic amines is 1. The summed E-state index contributed by atoms with van der Waals surface area (Å²) in [5.41, 5.74) is 4.78. The van der Waals surface area contributed by atoms with Crippen LogP contribution in [0.3, 0.4) is 0 Å². The monoisotopic (exact) mass is 258 g/mol. The van der Waals surface area contributed by atoms with Crippen LogP contribution in [0.5, 0.6) is 0 Å². The van der Waals surface area contributed by atoms with Crippen molar-refractivity contribution in [3.05, 3.63) is 23.1 Å². The molecule has 2 heterocycles. The van der Waals surface area contributed by atoms with Crippen LogP contribution in [0.1, 0.15) is 50.2 Å². The molecular weight excluding hydrogens is 236 g/mol. The molecule has 0 saturated carbocycles. The second-order valence-electron chi connectivity index (χ2n) is 5.89. The Morgan fingerprint density at radius 1 is 1.42 bits per heavy atom. The first-order chi connectivity index (χ1) is 9.08. The summed E-state index contributed by atoms with van der Waals surface area (Å²) < 4.78 is 1.93. The highest BCUT2D eigenvalue weighted by atomic mass is 15.3. The van der Waals surface area contributed by atoms with Gasteiger partial charge < -0.3 is 4.98 Å². The predicted molar refractivity (Wildman–Crippen MR) is 76.1 cm³/mol. The van der Waals surface area contributed by atoms with Crippen molar-refractivity contribution in [1.29, 1.82) is 0 Å². The second-order valence-corrected chi connectivity index (χ2v) is 5.89. The summed E-state index contributed by atoms with van der Waals surface area (Å²) in [7, 11) is 1.99. The lowest BCUT2D eigenvalue weighted by Crippen LogP contribution is -2.14. The van der Waals surface area contributed by atoms with E-state index in [9.17, 15) is 0 Å². The van der Waals surface area contributed by atoms with Crippen molar-refractivity contribution in [2.24, 2.45) is 13.0 Å². The van der Waals surface area contributed by atoms with Gasteiger partial charge in [-0.1, -0.05) is 20.8 Å². The number of fused-ring (bicyclic) bond motifs is 1. The van der Waals surface area contributed by atoms with Gasteiger partial charge in [-0.05, 0) is 31.2 Å². The van der Waals surface area contributed by atoms with Crippen LogP contribution in [0.4, 0.5) is 0 Å². The minimum Gasteiger partial charge on any atom is -0.340 e. The fraction of sp³-hybridized carbons (Fsp3) is 0.600. The van der Waals surface area contributed by atoms with Crippen molar-refractivity contribution in [1.82, 2.24) is 19.7 Å². The van der Waals surface area contributed by atoms with Crippen LogP contribution in [0.2, 0.25) is 0 Å². The minimum absolute atomic E-state index is 0.558. The number of aryl methyl sites for hydroxylation is 2. The van der Waals surface area contributed by atoms with Crippen molar-refractivity contribution in [3.8, 4) is 11.5 Å². The summed E-state index contributed by atoms with van der Waals surface area (Å²) in [4.78, 5) is 8.35. The molecule has 19 heavy (non-hydrogen) atoms. The zero-order valence-electron chi connectivity index (χ0n) is 12.2. The molecule has 1 N–H and O–H groups in total. The largest absolute Gasteiger partial charge is 0.340 e. The Hall–Kier alpha value is -1.58. The standard InChI is InChI=1S/C15H22N4/c1-5-11-8-13(19(4)18-11)15-16-12-7-9(2)6-10(3)14(12)17-15/h8-10H,5-7H2,1-4H3,(H,16,17). The fourth-order valence-electron chi connectivity index (χ4n) is 3.18. The average Bonchev–Trinajstić information content (AvgIpc) is 2.92. The lowest BCUT2D eigenvalue weighted by Gasteiger charge is -2.22. The molecule has 0 aromatic carbocycles. The Morgan fingerprint density at radius 3 is 2.89 bits per heavy atom. The normalized spacial score (nSPS) is 22.5. The fourth-order valence-corrected chi connectivity index (χ4v) is 3.18. The lowest BCUT2D eigenvalue weighted by molar-refractivity contribution is 0.440. The Balaban J connectivity index is 2.02. The van der Waals surface area contributed by atoms with Gasteiger partial charge in [0.2, 0.25) is 0 Å². The second kappa shape index (κ2) is 4.51. The third-order valence-corrected chi connectivity index (χ3v) is 4.12. The third kappa shape index (κ3) is 2.09. The summed E-state index contributed by atoms with van der Waals surface area (Å²) in [6, 6.07) is 2.14. The molecule has 0 radical (unpaired) electrons. The number of nitrogens with one attached hydrogen (secondary N) is 1. The van der Waals surface area contributed by atoms with Crippen LogP contribution in [-0.4, -0.2) is 19.7 Å². The molecule has 1 aliphatic rings. The summed E-state index contributed by atoms with van der Waals surface area (Å²) in [5.74, 6) is 2.27. The van der Waals surface area contributed by atoms with E-state index in [1.165, 1.54) is 17.8 Å². The molecule has 2 unspecified atom stereocenters. The highest BCUT2D eigenvalue weighted by Crippen LogP contribution is 2.34. The van der Waals surface area contributed by atoms with E-state index < -0.39 is 0 Å². The van der Waals surface area contributed by atoms with E-state index in [0.29, 0.717) is 5.92 Å². The highest BCUT2D eigenvalue weighted by Gasteiger charge is 2.26. The number of nitrogens with zero attached hydrogens (tertiary/aromatic N) is 3. The summed E-state index contributed by atoms with van der Waals surface area (Å²) in [6.45, 7) is 6.72. The van der Waals surface area contributed by atoms with Gasteiger partial charge in [0.1, 0.15) is 5.69 Å². The third-order valence-electron chi connectivity index (χ3n) is 4.12. The molecule has 0 amide bonds. The number of H-pyrrole nitrogens is 1. The van der Waals surface area contributed by atoms with E-state index in [2.05, 4.69) is 36.9 Å². The number of rotatable bonds is 2. The number of aromatic nitrogens is 4. The van der Waals surface area contributed by atoms with Crippen molar-refractivity contribution in [2.45, 2.75) is 46.0 Å². The molecule has 3 rings (SSSR count). The molecular formula is C15H22N4. The van der Waals surface area contributed by atoms with Crippen molar-refractivity contribution < 1.29 is 0 Å². The SMILES string of the molecule is CCc1cc(-c2nc3c([nH]2)CC(C)CC3C)n(C)n1. The first-order valence-corrected chi connectivity index (χ1v) is 7.20. The van der Waals surface area contributed by atoms with Crippen LogP contribution in [0.15, 0.2) is 6.07 Å². The highest BCUT2D eigenvalue weighted by molar-refractivity contribution is 5.52. The number of hydrogen-bond donors (Lipinski definition) is 1. The quantitative estimate of drug-likeness (QED) is 0.900.